The Morgan fingerprint density at radius 2 is 2.00 bits per heavy atom. The molecule has 2 aromatic rings. The number of benzene rings is 1. The first-order chi connectivity index (χ1) is 10.3. The first-order valence-corrected chi connectivity index (χ1v) is 7.36. The molecule has 0 spiro atoms. The number of rotatable bonds is 8. The van der Waals surface area contributed by atoms with Gasteiger partial charge in [0, 0.05) is 12.6 Å². The fraction of sp³-hybridized carbons (Fsp3) is 0.353. The van der Waals surface area contributed by atoms with E-state index in [9.17, 15) is 0 Å². The number of anilines is 1. The van der Waals surface area contributed by atoms with Crippen molar-refractivity contribution in [1.29, 1.82) is 0 Å². The van der Waals surface area contributed by atoms with E-state index in [0.717, 1.165) is 31.0 Å². The Bertz CT molecular complexity index is 541. The van der Waals surface area contributed by atoms with Crippen molar-refractivity contribution in [2.45, 2.75) is 26.8 Å². The van der Waals surface area contributed by atoms with E-state index in [1.165, 1.54) is 5.56 Å². The third-order valence-corrected chi connectivity index (χ3v) is 2.90. The van der Waals surface area contributed by atoms with Crippen LogP contribution in [-0.4, -0.2) is 18.2 Å². The summed E-state index contributed by atoms with van der Waals surface area (Å²) in [6, 6.07) is 12.0. The molecule has 0 atom stereocenters. The van der Waals surface area contributed by atoms with Crippen LogP contribution in [0.2, 0.25) is 0 Å². The van der Waals surface area contributed by atoms with Gasteiger partial charge in [-0.2, -0.15) is 0 Å². The van der Waals surface area contributed by atoms with Crippen molar-refractivity contribution in [1.82, 2.24) is 4.98 Å². The van der Waals surface area contributed by atoms with Gasteiger partial charge in [0.15, 0.2) is 0 Å². The van der Waals surface area contributed by atoms with Crippen LogP contribution < -0.4 is 14.8 Å². The zero-order valence-corrected chi connectivity index (χ0v) is 12.6. The van der Waals surface area contributed by atoms with E-state index in [1.54, 1.807) is 6.20 Å². The molecule has 0 aliphatic rings. The molecule has 0 saturated heterocycles. The van der Waals surface area contributed by atoms with E-state index in [-0.39, 0.29) is 0 Å². The van der Waals surface area contributed by atoms with E-state index in [2.05, 4.69) is 29.4 Å². The molecule has 0 bridgehead atoms. The fourth-order valence-corrected chi connectivity index (χ4v) is 1.89. The van der Waals surface area contributed by atoms with Gasteiger partial charge in [0.1, 0.15) is 5.75 Å². The van der Waals surface area contributed by atoms with E-state index in [0.29, 0.717) is 12.5 Å². The number of nitrogens with zero attached hydrogens (tertiary/aromatic N) is 1. The Hall–Kier alpha value is -2.23. The highest BCUT2D eigenvalue weighted by Gasteiger charge is 1.99. The molecule has 2 rings (SSSR count). The van der Waals surface area contributed by atoms with Gasteiger partial charge < -0.3 is 14.8 Å². The normalized spacial score (nSPS) is 10.2. The molecule has 112 valence electrons. The Kier molecular flexibility index (Phi) is 5.88. The monoisotopic (exact) mass is 286 g/mol. The summed E-state index contributed by atoms with van der Waals surface area (Å²) < 4.78 is 11.0. The molecule has 21 heavy (non-hydrogen) atoms. The number of ether oxygens (including phenoxy) is 2. The average molecular weight is 286 g/mol. The van der Waals surface area contributed by atoms with Gasteiger partial charge in [0.25, 0.3) is 0 Å². The molecule has 1 aromatic carbocycles. The molecular formula is C17H22N2O2. The minimum Gasteiger partial charge on any atom is -0.494 e. The number of nitrogens with one attached hydrogen (secondary N) is 1. The summed E-state index contributed by atoms with van der Waals surface area (Å²) in [6.45, 7) is 6.16. The maximum atomic E-state index is 5.63. The highest BCUT2D eigenvalue weighted by molar-refractivity contribution is 5.43. The molecule has 0 amide bonds. The van der Waals surface area contributed by atoms with Gasteiger partial charge in [0.2, 0.25) is 5.88 Å². The number of hydrogen-bond acceptors (Lipinski definition) is 4. The second-order valence-corrected chi connectivity index (χ2v) is 4.67. The molecule has 4 nitrogen and oxygen atoms in total. The van der Waals surface area contributed by atoms with Gasteiger partial charge in [0.05, 0.1) is 25.1 Å². The van der Waals surface area contributed by atoms with Crippen LogP contribution in [0.5, 0.6) is 11.6 Å². The molecule has 0 unspecified atom stereocenters. The third kappa shape index (κ3) is 4.99. The van der Waals surface area contributed by atoms with Gasteiger partial charge in [-0.1, -0.05) is 19.1 Å². The van der Waals surface area contributed by atoms with Gasteiger partial charge in [-0.25, -0.2) is 4.98 Å². The molecule has 0 radical (unpaired) electrons. The SMILES string of the molecule is CCCOc1cccc(CNc2ccc(OCC)nc2)c1. The third-order valence-electron chi connectivity index (χ3n) is 2.90. The predicted molar refractivity (Wildman–Crippen MR) is 85.0 cm³/mol. The van der Waals surface area contributed by atoms with Crippen LogP contribution in [0.4, 0.5) is 5.69 Å². The molecule has 0 aliphatic heterocycles. The second kappa shape index (κ2) is 8.15. The molecular weight excluding hydrogens is 264 g/mol. The van der Waals surface area contributed by atoms with Crippen molar-refractivity contribution in [3.63, 3.8) is 0 Å². The van der Waals surface area contributed by atoms with Crippen LogP contribution >= 0.6 is 0 Å². The average Bonchev–Trinajstić information content (AvgIpc) is 2.53. The summed E-state index contributed by atoms with van der Waals surface area (Å²) in [5.41, 5.74) is 2.15. The Balaban J connectivity index is 1.90. The van der Waals surface area contributed by atoms with Crippen LogP contribution in [0.15, 0.2) is 42.6 Å². The second-order valence-electron chi connectivity index (χ2n) is 4.67. The molecule has 0 aliphatic carbocycles. The minimum absolute atomic E-state index is 0.629. The maximum Gasteiger partial charge on any atom is 0.213 e. The van der Waals surface area contributed by atoms with Crippen molar-refractivity contribution in [2.75, 3.05) is 18.5 Å². The highest BCUT2D eigenvalue weighted by Crippen LogP contribution is 2.16. The quantitative estimate of drug-likeness (QED) is 0.799. The van der Waals surface area contributed by atoms with Crippen LogP contribution in [0.25, 0.3) is 0 Å². The van der Waals surface area contributed by atoms with E-state index >= 15 is 0 Å². The Morgan fingerprint density at radius 1 is 1.10 bits per heavy atom. The summed E-state index contributed by atoms with van der Waals surface area (Å²) >= 11 is 0. The van der Waals surface area contributed by atoms with Crippen molar-refractivity contribution in [2.24, 2.45) is 0 Å². The molecule has 1 aromatic heterocycles. The first-order valence-electron chi connectivity index (χ1n) is 7.36. The Labute approximate surface area is 126 Å². The smallest absolute Gasteiger partial charge is 0.213 e. The number of aromatic nitrogens is 1. The summed E-state index contributed by atoms with van der Waals surface area (Å²) in [5, 5.41) is 3.34. The Morgan fingerprint density at radius 3 is 2.71 bits per heavy atom. The van der Waals surface area contributed by atoms with Gasteiger partial charge >= 0.3 is 0 Å². The highest BCUT2D eigenvalue weighted by atomic mass is 16.5. The molecule has 1 heterocycles. The zero-order valence-electron chi connectivity index (χ0n) is 12.6. The number of pyridine rings is 1. The largest absolute Gasteiger partial charge is 0.494 e. The lowest BCUT2D eigenvalue weighted by molar-refractivity contribution is 0.317. The lowest BCUT2D eigenvalue weighted by Gasteiger charge is -2.09. The standard InChI is InChI=1S/C17H22N2O2/c1-3-10-21-16-7-5-6-14(11-16)12-18-15-8-9-17(19-13-15)20-4-2/h5-9,11,13,18H,3-4,10,12H2,1-2H3. The summed E-state index contributed by atoms with van der Waals surface area (Å²) in [4.78, 5) is 4.23. The predicted octanol–water partition coefficient (Wildman–Crippen LogP) is 3.88. The van der Waals surface area contributed by atoms with Crippen molar-refractivity contribution < 1.29 is 9.47 Å². The van der Waals surface area contributed by atoms with Crippen LogP contribution in [0.1, 0.15) is 25.8 Å². The topological polar surface area (TPSA) is 43.4 Å². The van der Waals surface area contributed by atoms with Crippen molar-refractivity contribution in [3.05, 3.63) is 48.2 Å². The van der Waals surface area contributed by atoms with Crippen LogP contribution in [0.3, 0.4) is 0 Å². The van der Waals surface area contributed by atoms with Crippen molar-refractivity contribution in [3.8, 4) is 11.6 Å². The lowest BCUT2D eigenvalue weighted by Crippen LogP contribution is -2.01. The summed E-state index contributed by atoms with van der Waals surface area (Å²) in [5.74, 6) is 1.57. The summed E-state index contributed by atoms with van der Waals surface area (Å²) in [7, 11) is 0. The van der Waals surface area contributed by atoms with E-state index in [1.807, 2.05) is 31.2 Å². The summed E-state index contributed by atoms with van der Waals surface area (Å²) in [6.07, 6.45) is 2.79. The van der Waals surface area contributed by atoms with Crippen LogP contribution in [-0.2, 0) is 6.54 Å². The van der Waals surface area contributed by atoms with E-state index in [4.69, 9.17) is 9.47 Å². The van der Waals surface area contributed by atoms with Gasteiger partial charge in [-0.15, -0.1) is 0 Å². The van der Waals surface area contributed by atoms with Crippen molar-refractivity contribution >= 4 is 5.69 Å². The number of hydrogen-bond donors (Lipinski definition) is 1. The first kappa shape index (κ1) is 15.2. The maximum absolute atomic E-state index is 5.63. The molecule has 4 heteroatoms. The molecule has 0 fully saturated rings. The minimum atomic E-state index is 0.629. The fourth-order valence-electron chi connectivity index (χ4n) is 1.89. The molecule has 0 saturated carbocycles. The van der Waals surface area contributed by atoms with Gasteiger partial charge in [-0.3, -0.25) is 0 Å². The molecule has 1 N–H and O–H groups in total. The lowest BCUT2D eigenvalue weighted by atomic mass is 10.2. The van der Waals surface area contributed by atoms with E-state index < -0.39 is 0 Å². The van der Waals surface area contributed by atoms with Crippen LogP contribution in [0, 0.1) is 0 Å². The zero-order chi connectivity index (χ0) is 14.9. The van der Waals surface area contributed by atoms with Gasteiger partial charge in [-0.05, 0) is 37.1 Å².